The molecule has 0 aromatic heterocycles. The van der Waals surface area contributed by atoms with Crippen molar-refractivity contribution in [1.29, 1.82) is 0 Å². The van der Waals surface area contributed by atoms with Gasteiger partial charge in [0.1, 0.15) is 0 Å². The monoisotopic (exact) mass is 372 g/mol. The van der Waals surface area contributed by atoms with E-state index in [1.165, 1.54) is 114 Å². The Morgan fingerprint density at radius 1 is 0.333 bits per heavy atom. The Balaban J connectivity index is 1.61. The molecular weight excluding hydrogens is 336 g/mol. The lowest BCUT2D eigenvalue weighted by molar-refractivity contribution is 0.172. The van der Waals surface area contributed by atoms with E-state index in [4.69, 9.17) is 0 Å². The summed E-state index contributed by atoms with van der Waals surface area (Å²) in [7, 11) is 0. The van der Waals surface area contributed by atoms with Crippen LogP contribution in [-0.4, -0.2) is 121 Å². The van der Waals surface area contributed by atoms with Crippen LogP contribution in [-0.2, 0) is 0 Å². The molecular formula is C18H36N4S2. The molecule has 0 saturated carbocycles. The highest BCUT2D eigenvalue weighted by molar-refractivity contribution is 7.99. The predicted octanol–water partition coefficient (Wildman–Crippen LogP) is 1.48. The van der Waals surface area contributed by atoms with Gasteiger partial charge in [0.15, 0.2) is 0 Å². The minimum Gasteiger partial charge on any atom is -0.301 e. The fourth-order valence-corrected chi connectivity index (χ4v) is 5.88. The predicted molar refractivity (Wildman–Crippen MR) is 110 cm³/mol. The SMILES string of the molecule is C1CN2CCSCCN(CCCN3CCSCCN(C1)CC3)CC2. The molecule has 3 heterocycles. The first-order valence-electron chi connectivity index (χ1n) is 9.95. The lowest BCUT2D eigenvalue weighted by atomic mass is 10.3. The van der Waals surface area contributed by atoms with Crippen molar-refractivity contribution in [2.45, 2.75) is 12.8 Å². The lowest BCUT2D eigenvalue weighted by Crippen LogP contribution is -2.41. The first kappa shape index (κ1) is 19.3. The first-order valence-corrected chi connectivity index (χ1v) is 12.3. The number of nitrogens with zero attached hydrogens (tertiary/aromatic N) is 4. The van der Waals surface area contributed by atoms with Crippen molar-refractivity contribution in [3.63, 3.8) is 0 Å². The summed E-state index contributed by atoms with van der Waals surface area (Å²) >= 11 is 4.31. The fourth-order valence-electron chi connectivity index (χ4n) is 3.92. The van der Waals surface area contributed by atoms with Crippen LogP contribution in [0.2, 0.25) is 0 Å². The number of thioether (sulfide) groups is 2. The van der Waals surface area contributed by atoms with Crippen LogP contribution in [0.1, 0.15) is 12.8 Å². The van der Waals surface area contributed by atoms with Gasteiger partial charge in [-0.25, -0.2) is 0 Å². The summed E-state index contributed by atoms with van der Waals surface area (Å²) < 4.78 is 0. The zero-order valence-corrected chi connectivity index (χ0v) is 17.0. The van der Waals surface area contributed by atoms with Gasteiger partial charge in [-0.05, 0) is 39.0 Å². The highest BCUT2D eigenvalue weighted by Gasteiger charge is 2.16. The summed E-state index contributed by atoms with van der Waals surface area (Å²) in [4.78, 5) is 10.9. The standard InChI is InChI=1S/C18H36N4S2/c1-3-19-7-9-21(13-17-23-15-11-19)5-2-6-22-10-8-20(4-1)12-16-24-18-14-22/h1-18H2. The van der Waals surface area contributed by atoms with Gasteiger partial charge < -0.3 is 19.6 Å². The summed E-state index contributed by atoms with van der Waals surface area (Å²) in [5.74, 6) is 5.29. The van der Waals surface area contributed by atoms with Gasteiger partial charge in [0.05, 0.1) is 0 Å². The van der Waals surface area contributed by atoms with Crippen molar-refractivity contribution < 1.29 is 0 Å². The number of hydrogen-bond acceptors (Lipinski definition) is 6. The Morgan fingerprint density at radius 3 is 0.917 bits per heavy atom. The highest BCUT2D eigenvalue weighted by atomic mass is 32.2. The lowest BCUT2D eigenvalue weighted by Gasteiger charge is -2.30. The molecule has 4 bridgehead atoms. The number of rotatable bonds is 0. The van der Waals surface area contributed by atoms with Crippen LogP contribution in [0.25, 0.3) is 0 Å². The quantitative estimate of drug-likeness (QED) is 0.634. The van der Waals surface area contributed by atoms with Crippen LogP contribution in [0.4, 0.5) is 0 Å². The molecule has 24 heavy (non-hydrogen) atoms. The largest absolute Gasteiger partial charge is 0.301 e. The molecule has 4 unspecified atom stereocenters. The van der Waals surface area contributed by atoms with Gasteiger partial charge in [-0.2, -0.15) is 23.5 Å². The van der Waals surface area contributed by atoms with Crippen LogP contribution >= 0.6 is 23.5 Å². The van der Waals surface area contributed by atoms with Crippen LogP contribution in [0.15, 0.2) is 0 Å². The van der Waals surface area contributed by atoms with Gasteiger partial charge in [0.2, 0.25) is 0 Å². The van der Waals surface area contributed by atoms with Crippen molar-refractivity contribution in [2.24, 2.45) is 0 Å². The summed E-state index contributed by atoms with van der Waals surface area (Å²) in [5, 5.41) is 0. The molecule has 0 amide bonds. The van der Waals surface area contributed by atoms with Gasteiger partial charge in [-0.3, -0.25) is 0 Å². The number of hydrogen-bond donors (Lipinski definition) is 0. The zero-order valence-electron chi connectivity index (χ0n) is 15.3. The molecule has 3 aliphatic heterocycles. The Kier molecular flexibility index (Phi) is 9.09. The Morgan fingerprint density at radius 2 is 0.625 bits per heavy atom. The summed E-state index contributed by atoms with van der Waals surface area (Å²) in [5.41, 5.74) is 0. The van der Waals surface area contributed by atoms with Crippen molar-refractivity contribution >= 4 is 23.5 Å². The van der Waals surface area contributed by atoms with Gasteiger partial charge in [0.25, 0.3) is 0 Å². The van der Waals surface area contributed by atoms with E-state index in [0.717, 1.165) is 0 Å². The molecule has 0 radical (unpaired) electrons. The summed E-state index contributed by atoms with van der Waals surface area (Å²) in [6.45, 7) is 15.5. The normalized spacial score (nSPS) is 38.0. The van der Waals surface area contributed by atoms with E-state index in [1.54, 1.807) is 0 Å². The maximum Gasteiger partial charge on any atom is 0.0110 e. The van der Waals surface area contributed by atoms with E-state index in [9.17, 15) is 0 Å². The second kappa shape index (κ2) is 11.3. The molecule has 6 heteroatoms. The van der Waals surface area contributed by atoms with Crippen molar-refractivity contribution in [3.8, 4) is 0 Å². The van der Waals surface area contributed by atoms with Gasteiger partial charge in [-0.1, -0.05) is 0 Å². The molecule has 3 aliphatic rings. The zero-order chi connectivity index (χ0) is 16.5. The third-order valence-corrected chi connectivity index (χ3v) is 7.45. The van der Waals surface area contributed by atoms with Gasteiger partial charge in [0, 0.05) is 75.4 Å². The Hall–Kier alpha value is 0.540. The summed E-state index contributed by atoms with van der Waals surface area (Å²) in [6, 6.07) is 0. The van der Waals surface area contributed by atoms with E-state index in [-0.39, 0.29) is 0 Å². The average Bonchev–Trinajstić information content (AvgIpc) is 2.77. The van der Waals surface area contributed by atoms with E-state index in [1.807, 2.05) is 0 Å². The molecule has 3 rings (SSSR count). The smallest absolute Gasteiger partial charge is 0.0110 e. The molecule has 4 atom stereocenters. The van der Waals surface area contributed by atoms with Crippen molar-refractivity contribution in [2.75, 3.05) is 102 Å². The first-order chi connectivity index (χ1) is 11.9. The van der Waals surface area contributed by atoms with Crippen molar-refractivity contribution in [3.05, 3.63) is 0 Å². The van der Waals surface area contributed by atoms with Crippen LogP contribution in [0, 0.1) is 0 Å². The minimum absolute atomic E-state index is 1.28. The fraction of sp³-hybridized carbons (Fsp3) is 1.00. The van der Waals surface area contributed by atoms with E-state index in [2.05, 4.69) is 43.1 Å². The molecule has 3 fully saturated rings. The molecule has 0 spiro atoms. The Bertz CT molecular complexity index is 285. The van der Waals surface area contributed by atoms with E-state index in [0.29, 0.717) is 0 Å². The third kappa shape index (κ3) is 7.04. The summed E-state index contributed by atoms with van der Waals surface area (Å²) in [6.07, 6.45) is 2.69. The van der Waals surface area contributed by atoms with Crippen LogP contribution in [0.3, 0.4) is 0 Å². The topological polar surface area (TPSA) is 13.0 Å². The molecule has 0 aromatic rings. The molecule has 3 saturated heterocycles. The maximum atomic E-state index is 2.73. The second-order valence-electron chi connectivity index (χ2n) is 7.30. The van der Waals surface area contributed by atoms with E-state index < -0.39 is 0 Å². The molecule has 0 N–H and O–H groups in total. The third-order valence-electron chi connectivity index (χ3n) is 5.57. The number of fused-ring (bicyclic) bond motifs is 6. The van der Waals surface area contributed by atoms with Crippen molar-refractivity contribution in [1.82, 2.24) is 19.6 Å². The molecule has 4 nitrogen and oxygen atoms in total. The molecule has 140 valence electrons. The minimum atomic E-state index is 1.28. The van der Waals surface area contributed by atoms with Crippen LogP contribution < -0.4 is 0 Å². The van der Waals surface area contributed by atoms with Gasteiger partial charge in [-0.15, -0.1) is 0 Å². The molecule has 0 aliphatic carbocycles. The average molecular weight is 373 g/mol. The maximum absolute atomic E-state index is 2.73. The van der Waals surface area contributed by atoms with Crippen LogP contribution in [0.5, 0.6) is 0 Å². The Labute approximate surface area is 157 Å². The molecule has 0 aromatic carbocycles. The second-order valence-corrected chi connectivity index (χ2v) is 9.75. The highest BCUT2D eigenvalue weighted by Crippen LogP contribution is 2.11. The van der Waals surface area contributed by atoms with Gasteiger partial charge >= 0.3 is 0 Å². The van der Waals surface area contributed by atoms with E-state index >= 15 is 0 Å².